The van der Waals surface area contributed by atoms with Crippen LogP contribution in [0.25, 0.3) is 6.08 Å². The molecule has 116 valence electrons. The summed E-state index contributed by atoms with van der Waals surface area (Å²) in [5.41, 5.74) is 11.5. The van der Waals surface area contributed by atoms with Crippen molar-refractivity contribution in [3.63, 3.8) is 0 Å². The smallest absolute Gasteiger partial charge is 0.135 e. The lowest BCUT2D eigenvalue weighted by molar-refractivity contribution is 0.439. The maximum Gasteiger partial charge on any atom is 0.135 e. The molecule has 3 nitrogen and oxygen atoms in total. The number of hydrogen-bond acceptors (Lipinski definition) is 3. The predicted octanol–water partition coefficient (Wildman–Crippen LogP) is 3.06. The van der Waals surface area contributed by atoms with Gasteiger partial charge in [0, 0.05) is 30.4 Å². The lowest BCUT2D eigenvalue weighted by atomic mass is 9.94. The molecule has 0 amide bonds. The molecular weight excluding hydrogens is 282 g/mol. The molecule has 4 rings (SSSR count). The van der Waals surface area contributed by atoms with Crippen molar-refractivity contribution in [1.82, 2.24) is 4.90 Å². The fourth-order valence-electron chi connectivity index (χ4n) is 3.43. The quantitative estimate of drug-likeness (QED) is 0.947. The van der Waals surface area contributed by atoms with Gasteiger partial charge < -0.3 is 10.6 Å². The van der Waals surface area contributed by atoms with E-state index in [9.17, 15) is 0 Å². The van der Waals surface area contributed by atoms with E-state index in [0.717, 1.165) is 31.8 Å². The molecule has 0 aromatic heterocycles. The summed E-state index contributed by atoms with van der Waals surface area (Å²) in [4.78, 5) is 7.10. The molecule has 1 atom stereocenters. The number of aliphatic imine (C=N–C) groups is 1. The van der Waals surface area contributed by atoms with Gasteiger partial charge in [-0.15, -0.1) is 0 Å². The van der Waals surface area contributed by atoms with Crippen molar-refractivity contribution in [2.24, 2.45) is 10.7 Å². The third-order valence-corrected chi connectivity index (χ3v) is 4.55. The van der Waals surface area contributed by atoms with Crippen molar-refractivity contribution >= 4 is 11.9 Å². The molecule has 2 aromatic carbocycles. The van der Waals surface area contributed by atoms with Gasteiger partial charge in [0.15, 0.2) is 0 Å². The van der Waals surface area contributed by atoms with Crippen LogP contribution in [0.15, 0.2) is 65.3 Å². The minimum absolute atomic E-state index is 0.0194. The highest BCUT2D eigenvalue weighted by molar-refractivity contribution is 6.05. The van der Waals surface area contributed by atoms with Crippen LogP contribution in [-0.2, 0) is 6.42 Å². The Balaban J connectivity index is 1.71. The Morgan fingerprint density at radius 3 is 2.70 bits per heavy atom. The van der Waals surface area contributed by atoms with Gasteiger partial charge in [-0.1, -0.05) is 54.6 Å². The molecule has 0 saturated carbocycles. The Labute approximate surface area is 137 Å². The summed E-state index contributed by atoms with van der Waals surface area (Å²) in [6, 6.07) is 18.9. The monoisotopic (exact) mass is 303 g/mol. The van der Waals surface area contributed by atoms with Crippen molar-refractivity contribution in [3.8, 4) is 0 Å². The fraction of sp³-hybridized carbons (Fsp3) is 0.250. The normalized spacial score (nSPS) is 17.7. The minimum atomic E-state index is -0.0194. The van der Waals surface area contributed by atoms with Crippen LogP contribution in [0.3, 0.4) is 0 Å². The van der Waals surface area contributed by atoms with Crippen LogP contribution in [0.2, 0.25) is 0 Å². The summed E-state index contributed by atoms with van der Waals surface area (Å²) >= 11 is 0. The molecule has 0 radical (unpaired) electrons. The number of amidine groups is 1. The van der Waals surface area contributed by atoms with Gasteiger partial charge in [0.2, 0.25) is 0 Å². The molecule has 23 heavy (non-hydrogen) atoms. The van der Waals surface area contributed by atoms with Gasteiger partial charge in [0.25, 0.3) is 0 Å². The summed E-state index contributed by atoms with van der Waals surface area (Å²) in [6.45, 7) is 1.91. The summed E-state index contributed by atoms with van der Waals surface area (Å²) < 4.78 is 0. The lowest BCUT2D eigenvalue weighted by Crippen LogP contribution is -2.44. The van der Waals surface area contributed by atoms with Gasteiger partial charge in [-0.25, -0.2) is 0 Å². The Morgan fingerprint density at radius 1 is 1.04 bits per heavy atom. The average molecular weight is 303 g/mol. The highest BCUT2D eigenvalue weighted by atomic mass is 15.2. The third-order valence-electron chi connectivity index (χ3n) is 4.55. The first-order valence-electron chi connectivity index (χ1n) is 8.25. The van der Waals surface area contributed by atoms with Crippen LogP contribution in [0.4, 0.5) is 0 Å². The first kappa shape index (κ1) is 14.2. The van der Waals surface area contributed by atoms with E-state index in [1.165, 1.54) is 22.4 Å². The zero-order chi connectivity index (χ0) is 15.6. The number of nitrogens with two attached hydrogens (primary N) is 1. The van der Waals surface area contributed by atoms with E-state index >= 15 is 0 Å². The highest BCUT2D eigenvalue weighted by Crippen LogP contribution is 2.29. The maximum atomic E-state index is 6.58. The summed E-state index contributed by atoms with van der Waals surface area (Å²) in [6.07, 6.45) is 4.17. The second-order valence-electron chi connectivity index (χ2n) is 6.16. The van der Waals surface area contributed by atoms with Gasteiger partial charge >= 0.3 is 0 Å². The van der Waals surface area contributed by atoms with Gasteiger partial charge in [0.1, 0.15) is 5.84 Å². The number of fused-ring (bicyclic) bond motifs is 3. The Hall–Kier alpha value is -2.39. The van der Waals surface area contributed by atoms with Crippen molar-refractivity contribution in [3.05, 3.63) is 77.0 Å². The zero-order valence-electron chi connectivity index (χ0n) is 13.2. The van der Waals surface area contributed by atoms with E-state index in [1.807, 2.05) is 6.07 Å². The van der Waals surface area contributed by atoms with E-state index in [-0.39, 0.29) is 6.04 Å². The summed E-state index contributed by atoms with van der Waals surface area (Å²) in [5.74, 6) is 1.09. The van der Waals surface area contributed by atoms with E-state index in [1.54, 1.807) is 0 Å². The molecule has 0 fully saturated rings. The van der Waals surface area contributed by atoms with Crippen LogP contribution < -0.4 is 5.73 Å². The van der Waals surface area contributed by atoms with Crippen LogP contribution >= 0.6 is 0 Å². The highest BCUT2D eigenvalue weighted by Gasteiger charge is 2.29. The Morgan fingerprint density at radius 2 is 1.83 bits per heavy atom. The molecule has 3 heteroatoms. The van der Waals surface area contributed by atoms with Crippen LogP contribution in [0.1, 0.15) is 23.1 Å². The molecule has 0 aliphatic carbocycles. The van der Waals surface area contributed by atoms with Crippen molar-refractivity contribution in [1.29, 1.82) is 0 Å². The molecule has 2 aliphatic heterocycles. The standard InChI is InChI=1S/C20H21N3/c21-18(13-15-7-2-1-3-8-15)19-14-16-9-4-5-10-17(16)20-22-11-6-12-23(19)20/h1-5,7-10,14,18H,6,11-13,21H2/t18-/m0/s1. The topological polar surface area (TPSA) is 41.6 Å². The van der Waals surface area contributed by atoms with Crippen molar-refractivity contribution in [2.45, 2.75) is 18.9 Å². The molecule has 0 bridgehead atoms. The molecule has 0 spiro atoms. The fourth-order valence-corrected chi connectivity index (χ4v) is 3.43. The second-order valence-corrected chi connectivity index (χ2v) is 6.16. The van der Waals surface area contributed by atoms with Crippen molar-refractivity contribution < 1.29 is 0 Å². The molecule has 2 heterocycles. The zero-order valence-corrected chi connectivity index (χ0v) is 13.2. The number of hydrogen-bond donors (Lipinski definition) is 1. The lowest BCUT2D eigenvalue weighted by Gasteiger charge is -2.37. The molecule has 0 saturated heterocycles. The number of nitrogens with zero attached hydrogens (tertiary/aromatic N) is 2. The third kappa shape index (κ3) is 2.68. The number of benzene rings is 2. The Kier molecular flexibility index (Phi) is 3.72. The van der Waals surface area contributed by atoms with Crippen LogP contribution in [-0.4, -0.2) is 29.9 Å². The van der Waals surface area contributed by atoms with E-state index in [2.05, 4.69) is 59.5 Å². The second kappa shape index (κ2) is 6.01. The predicted molar refractivity (Wildman–Crippen MR) is 95.3 cm³/mol. The van der Waals surface area contributed by atoms with Crippen LogP contribution in [0, 0.1) is 0 Å². The van der Waals surface area contributed by atoms with E-state index < -0.39 is 0 Å². The molecule has 2 aliphatic rings. The van der Waals surface area contributed by atoms with E-state index in [4.69, 9.17) is 10.7 Å². The molecule has 2 aromatic rings. The van der Waals surface area contributed by atoms with Crippen LogP contribution in [0.5, 0.6) is 0 Å². The summed E-state index contributed by atoms with van der Waals surface area (Å²) in [5, 5.41) is 0. The minimum Gasteiger partial charge on any atom is -0.328 e. The Bertz CT molecular complexity index is 761. The molecule has 2 N–H and O–H groups in total. The molecular formula is C20H21N3. The average Bonchev–Trinajstić information content (AvgIpc) is 2.62. The first-order chi connectivity index (χ1) is 11.3. The molecule has 0 unspecified atom stereocenters. The van der Waals surface area contributed by atoms with Gasteiger partial charge in [0.05, 0.1) is 0 Å². The SMILES string of the molecule is N[C@@H](Cc1ccccc1)C1=Cc2ccccc2C2=NCCCN12. The summed E-state index contributed by atoms with van der Waals surface area (Å²) in [7, 11) is 0. The van der Waals surface area contributed by atoms with Gasteiger partial charge in [-0.2, -0.15) is 0 Å². The number of rotatable bonds is 3. The van der Waals surface area contributed by atoms with Gasteiger partial charge in [-0.05, 0) is 30.0 Å². The largest absolute Gasteiger partial charge is 0.328 e. The van der Waals surface area contributed by atoms with Crippen molar-refractivity contribution in [2.75, 3.05) is 13.1 Å². The maximum absolute atomic E-state index is 6.58. The first-order valence-corrected chi connectivity index (χ1v) is 8.25. The van der Waals surface area contributed by atoms with Gasteiger partial charge in [-0.3, -0.25) is 4.99 Å². The van der Waals surface area contributed by atoms with E-state index in [0.29, 0.717) is 0 Å².